The summed E-state index contributed by atoms with van der Waals surface area (Å²) in [6.07, 6.45) is 7.89. The van der Waals surface area contributed by atoms with E-state index < -0.39 is 0 Å². The Morgan fingerprint density at radius 1 is 0.933 bits per heavy atom. The first kappa shape index (κ1) is 23.8. The van der Waals surface area contributed by atoms with Crippen LogP contribution in [0.1, 0.15) is 27.7 Å². The predicted molar refractivity (Wildman–Crippen MR) is 64.9 cm³/mol. The van der Waals surface area contributed by atoms with Gasteiger partial charge in [-0.1, -0.05) is 48.6 Å². The minimum absolute atomic E-state index is 0. The maximum absolute atomic E-state index is 7.50. The Kier molecular flexibility index (Phi) is 36.9. The fourth-order valence-electron chi connectivity index (χ4n) is 0.569. The monoisotopic (exact) mass is 294 g/mol. The third-order valence-corrected chi connectivity index (χ3v) is 0.902. The summed E-state index contributed by atoms with van der Waals surface area (Å²) in [6.45, 7) is 19.7. The molecule has 0 saturated heterocycles. The Labute approximate surface area is 107 Å². The first-order valence-corrected chi connectivity index (χ1v) is 4.31. The number of hydrogen-bond donors (Lipinski definition) is 0. The summed E-state index contributed by atoms with van der Waals surface area (Å²) < 4.78 is 0. The molecule has 0 aliphatic rings. The molecule has 0 spiro atoms. The van der Waals surface area contributed by atoms with E-state index in [0.717, 1.165) is 11.1 Å². The predicted octanol–water partition coefficient (Wildman–Crippen LogP) is 3.88. The summed E-state index contributed by atoms with van der Waals surface area (Å²) in [5.74, 6) is 0. The molecule has 0 amide bonds. The Bertz CT molecular complexity index is 181. The topological polar surface area (TPSA) is 17.1 Å². The maximum atomic E-state index is 7.50. The van der Waals surface area contributed by atoms with Crippen molar-refractivity contribution in [3.05, 3.63) is 48.6 Å². The molecule has 0 rings (SSSR count). The molecule has 0 aromatic carbocycles. The molecule has 2 radical (unpaired) electrons. The van der Waals surface area contributed by atoms with Crippen molar-refractivity contribution in [1.82, 2.24) is 0 Å². The van der Waals surface area contributed by atoms with E-state index in [1.165, 1.54) is 0 Å². The number of carbonyl (C=O) groups excluding carboxylic acids is 1. The fourth-order valence-corrected chi connectivity index (χ4v) is 0.569. The molecule has 0 atom stereocenters. The van der Waals surface area contributed by atoms with E-state index in [0.29, 0.717) is 0 Å². The van der Waals surface area contributed by atoms with Crippen molar-refractivity contribution in [2.45, 2.75) is 27.7 Å². The van der Waals surface area contributed by atoms with Gasteiger partial charge in [-0.3, -0.25) is 4.79 Å². The van der Waals surface area contributed by atoms with Crippen molar-refractivity contribution in [3.63, 3.8) is 0 Å². The zero-order chi connectivity index (χ0) is 12.0. The maximum Gasteiger partial charge on any atom is 0.281 e. The van der Waals surface area contributed by atoms with E-state index in [9.17, 15) is 0 Å². The van der Waals surface area contributed by atoms with Crippen molar-refractivity contribution < 1.29 is 24.3 Å². The Balaban J connectivity index is -0.0000000653. The first-order chi connectivity index (χ1) is 6.54. The second-order valence-electron chi connectivity index (χ2n) is 2.69. The molecule has 0 aliphatic carbocycles. The molecule has 0 N–H and O–H groups in total. The molecule has 1 nitrogen and oxygen atoms in total. The van der Waals surface area contributed by atoms with Gasteiger partial charge in [0.05, 0.1) is 0 Å². The molecule has 0 unspecified atom stereocenters. The Morgan fingerprint density at radius 2 is 1.13 bits per heavy atom. The van der Waals surface area contributed by atoms with E-state index in [4.69, 9.17) is 4.79 Å². The van der Waals surface area contributed by atoms with E-state index >= 15 is 0 Å². The number of hydrogen-bond acceptors (Lipinski definition) is 1. The van der Waals surface area contributed by atoms with Crippen molar-refractivity contribution in [3.8, 4) is 0 Å². The van der Waals surface area contributed by atoms with Gasteiger partial charge >= 0.3 is 0 Å². The van der Waals surface area contributed by atoms with Crippen LogP contribution in [-0.2, 0) is 24.3 Å². The molecule has 0 aromatic heterocycles. The smallest absolute Gasteiger partial charge is 0.281 e. The van der Waals surface area contributed by atoms with E-state index in [1.807, 2.05) is 52.0 Å². The van der Waals surface area contributed by atoms with Gasteiger partial charge in [-0.25, -0.2) is 0 Å². The summed E-state index contributed by atoms with van der Waals surface area (Å²) >= 11 is 0. The molecule has 0 saturated carbocycles. The van der Waals surface area contributed by atoms with Gasteiger partial charge in [-0.2, -0.15) is 0 Å². The van der Waals surface area contributed by atoms with Crippen molar-refractivity contribution in [1.29, 1.82) is 0 Å². The molecule has 0 aliphatic heterocycles. The molecular weight excluding hydrogens is 273 g/mol. The van der Waals surface area contributed by atoms with Crippen LogP contribution in [0.5, 0.6) is 0 Å². The van der Waals surface area contributed by atoms with Crippen molar-refractivity contribution in [2.75, 3.05) is 0 Å². The van der Waals surface area contributed by atoms with Crippen LogP contribution in [0.2, 0.25) is 0 Å². The molecule has 0 heterocycles. The van der Waals surface area contributed by atoms with Crippen LogP contribution in [0, 0.1) is 0 Å². The van der Waals surface area contributed by atoms with E-state index in [1.54, 1.807) is 0 Å². The minimum Gasteiger partial charge on any atom is -0.281 e. The van der Waals surface area contributed by atoms with Crippen LogP contribution in [0.25, 0.3) is 0 Å². The van der Waals surface area contributed by atoms with Gasteiger partial charge in [0, 0.05) is 19.5 Å². The van der Waals surface area contributed by atoms with Crippen LogP contribution in [0.15, 0.2) is 48.6 Å². The van der Waals surface area contributed by atoms with Crippen LogP contribution < -0.4 is 0 Å². The zero-order valence-corrected chi connectivity index (χ0v) is 11.7. The van der Waals surface area contributed by atoms with Gasteiger partial charge in [0.15, 0.2) is 0 Å². The van der Waals surface area contributed by atoms with Crippen molar-refractivity contribution >= 4 is 6.79 Å². The second kappa shape index (κ2) is 23.2. The quantitative estimate of drug-likeness (QED) is 0.558. The first-order valence-electron chi connectivity index (χ1n) is 4.31. The molecule has 0 fully saturated rings. The summed E-state index contributed by atoms with van der Waals surface area (Å²) in [5, 5.41) is 0. The molecule has 15 heavy (non-hydrogen) atoms. The number of rotatable bonds is 2. The molecule has 0 aromatic rings. The van der Waals surface area contributed by atoms with Crippen LogP contribution in [0.3, 0.4) is 0 Å². The summed E-state index contributed by atoms with van der Waals surface area (Å²) in [4.78, 5) is 7.50. The third kappa shape index (κ3) is 60.8. The van der Waals surface area contributed by atoms with Crippen LogP contribution in [0.4, 0.5) is 0 Å². The van der Waals surface area contributed by atoms with E-state index in [-0.39, 0.29) is 19.5 Å². The normalized spacial score (nSPS) is 8.00. The molecule has 0 bridgehead atoms. The average Bonchev–Trinajstić information content (AvgIpc) is 2.08. The van der Waals surface area contributed by atoms with Gasteiger partial charge in [-0.05, 0) is 27.7 Å². The number of allylic oxidation sites excluding steroid dienone is 6. The SMILES string of the molecule is C=C(C)C=CC.C=C(C)C=CC.[C]=O.[Ru]. The summed E-state index contributed by atoms with van der Waals surface area (Å²) in [6, 6.07) is 0. The third-order valence-electron chi connectivity index (χ3n) is 0.902. The van der Waals surface area contributed by atoms with Crippen LogP contribution in [-0.4, -0.2) is 6.79 Å². The molecule has 2 heteroatoms. The summed E-state index contributed by atoms with van der Waals surface area (Å²) in [7, 11) is 0. The van der Waals surface area contributed by atoms with Gasteiger partial charge < -0.3 is 0 Å². The molecular formula is C13H20ORu. The largest absolute Gasteiger partial charge is 0.281 e. The Hall–Kier alpha value is -0.747. The van der Waals surface area contributed by atoms with Gasteiger partial charge in [0.1, 0.15) is 0 Å². The zero-order valence-electron chi connectivity index (χ0n) is 9.99. The van der Waals surface area contributed by atoms with Gasteiger partial charge in [0.25, 0.3) is 6.79 Å². The fraction of sp³-hybridized carbons (Fsp3) is 0.308. The standard InChI is InChI=1S/2C6H10.CO.Ru/c2*1-4-5-6(2)3;1-2;/h2*4-5H,2H2,1,3H3;;. The van der Waals surface area contributed by atoms with Gasteiger partial charge in [0.2, 0.25) is 0 Å². The van der Waals surface area contributed by atoms with Crippen LogP contribution >= 0.6 is 0 Å². The summed E-state index contributed by atoms with van der Waals surface area (Å²) in [5.41, 5.74) is 2.22. The molecule has 86 valence electrons. The van der Waals surface area contributed by atoms with Gasteiger partial charge in [-0.15, -0.1) is 0 Å². The van der Waals surface area contributed by atoms with E-state index in [2.05, 4.69) is 19.9 Å². The average molecular weight is 293 g/mol. The van der Waals surface area contributed by atoms with Crippen molar-refractivity contribution in [2.24, 2.45) is 0 Å². The minimum atomic E-state index is 0. The second-order valence-corrected chi connectivity index (χ2v) is 2.69. The Morgan fingerprint density at radius 3 is 1.13 bits per heavy atom.